The van der Waals surface area contributed by atoms with E-state index < -0.39 is 0 Å². The van der Waals surface area contributed by atoms with Crippen molar-refractivity contribution in [3.8, 4) is 0 Å². The van der Waals surface area contributed by atoms with E-state index in [0.29, 0.717) is 16.1 Å². The quantitative estimate of drug-likeness (QED) is 0.828. The van der Waals surface area contributed by atoms with Gasteiger partial charge in [-0.05, 0) is 23.0 Å². The van der Waals surface area contributed by atoms with Gasteiger partial charge in [0.05, 0.1) is 10.6 Å². The molecule has 3 N–H and O–H groups in total. The van der Waals surface area contributed by atoms with Crippen molar-refractivity contribution in [2.75, 3.05) is 5.32 Å². The van der Waals surface area contributed by atoms with E-state index in [1.54, 1.807) is 0 Å². The number of anilines is 1. The molecule has 2 rings (SSSR count). The molecule has 0 aliphatic heterocycles. The Morgan fingerprint density at radius 1 is 1.28 bits per heavy atom. The Hall–Kier alpha value is -0.800. The van der Waals surface area contributed by atoms with Gasteiger partial charge in [0.1, 0.15) is 4.99 Å². The molecule has 1 fully saturated rings. The van der Waals surface area contributed by atoms with Crippen molar-refractivity contribution in [3.05, 3.63) is 28.8 Å². The number of thiocarbonyl (C=S) groups is 1. The molecule has 0 aromatic heterocycles. The molecule has 0 bridgehead atoms. The van der Waals surface area contributed by atoms with Crippen molar-refractivity contribution in [2.45, 2.75) is 33.7 Å². The van der Waals surface area contributed by atoms with Crippen LogP contribution in [-0.2, 0) is 0 Å². The molecule has 0 saturated heterocycles. The highest BCUT2D eigenvalue weighted by molar-refractivity contribution is 7.80. The monoisotopic (exact) mass is 282 g/mol. The molecule has 2 nitrogen and oxygen atoms in total. The summed E-state index contributed by atoms with van der Waals surface area (Å²) in [6.07, 6.45) is 0. The summed E-state index contributed by atoms with van der Waals surface area (Å²) < 4.78 is 0. The van der Waals surface area contributed by atoms with Crippen molar-refractivity contribution in [3.63, 3.8) is 0 Å². The minimum absolute atomic E-state index is 0.253. The number of benzene rings is 1. The Bertz CT molecular complexity index is 495. The second-order valence-electron chi connectivity index (χ2n) is 6.05. The van der Waals surface area contributed by atoms with Crippen LogP contribution in [0.5, 0.6) is 0 Å². The smallest absolute Gasteiger partial charge is 0.107 e. The van der Waals surface area contributed by atoms with Gasteiger partial charge in [0.25, 0.3) is 0 Å². The summed E-state index contributed by atoms with van der Waals surface area (Å²) in [5.74, 6) is 0. The van der Waals surface area contributed by atoms with Gasteiger partial charge in [-0.1, -0.05) is 57.6 Å². The molecule has 0 spiro atoms. The molecule has 0 unspecified atom stereocenters. The molecular weight excluding hydrogens is 264 g/mol. The fraction of sp³-hybridized carbons (Fsp3) is 0.500. The molecule has 1 aliphatic rings. The molecule has 0 atom stereocenters. The molecule has 4 heteroatoms. The third-order valence-electron chi connectivity index (χ3n) is 4.58. The summed E-state index contributed by atoms with van der Waals surface area (Å²) >= 11 is 11.2. The molecule has 1 aromatic carbocycles. The summed E-state index contributed by atoms with van der Waals surface area (Å²) in [6, 6.07) is 6.10. The van der Waals surface area contributed by atoms with Crippen molar-refractivity contribution >= 4 is 34.5 Å². The van der Waals surface area contributed by atoms with Gasteiger partial charge in [0, 0.05) is 11.7 Å². The standard InChI is InChI=1S/C14H19ClN2S/c1-13(2)12(14(13,3)4)17-9-7-5-6-8(15)10(9)11(16)18/h5-7,12,17H,1-4H3,(H2,16,18). The highest BCUT2D eigenvalue weighted by atomic mass is 35.5. The molecule has 1 aliphatic carbocycles. The zero-order valence-electron chi connectivity index (χ0n) is 11.2. The number of nitrogens with one attached hydrogen (secondary N) is 1. The number of rotatable bonds is 3. The van der Waals surface area contributed by atoms with Gasteiger partial charge < -0.3 is 11.1 Å². The van der Waals surface area contributed by atoms with E-state index in [4.69, 9.17) is 29.6 Å². The first kappa shape index (κ1) is 13.6. The second kappa shape index (κ2) is 4.10. The second-order valence-corrected chi connectivity index (χ2v) is 6.89. The maximum atomic E-state index is 6.16. The predicted octanol–water partition coefficient (Wildman–Crippen LogP) is 3.82. The SMILES string of the molecule is CC1(C)C(Nc2cccc(Cl)c2C(N)=S)C1(C)C. The lowest BCUT2D eigenvalue weighted by Gasteiger charge is -2.14. The van der Waals surface area contributed by atoms with Gasteiger partial charge in [-0.2, -0.15) is 0 Å². The van der Waals surface area contributed by atoms with Crippen molar-refractivity contribution in [2.24, 2.45) is 16.6 Å². The first-order valence-electron chi connectivity index (χ1n) is 6.04. The molecular formula is C14H19ClN2S. The maximum Gasteiger partial charge on any atom is 0.107 e. The highest BCUT2D eigenvalue weighted by Crippen LogP contribution is 2.63. The lowest BCUT2D eigenvalue weighted by molar-refractivity contribution is 0.457. The molecule has 18 heavy (non-hydrogen) atoms. The Morgan fingerprint density at radius 2 is 1.83 bits per heavy atom. The van der Waals surface area contributed by atoms with Crippen LogP contribution >= 0.6 is 23.8 Å². The van der Waals surface area contributed by atoms with E-state index in [9.17, 15) is 0 Å². The fourth-order valence-corrected chi connectivity index (χ4v) is 3.16. The van der Waals surface area contributed by atoms with Crippen LogP contribution in [-0.4, -0.2) is 11.0 Å². The van der Waals surface area contributed by atoms with Gasteiger partial charge in [0.2, 0.25) is 0 Å². The lowest BCUT2D eigenvalue weighted by atomic mass is 10.0. The number of hydrogen-bond acceptors (Lipinski definition) is 2. The van der Waals surface area contributed by atoms with Crippen LogP contribution in [0.4, 0.5) is 5.69 Å². The Morgan fingerprint density at radius 3 is 2.28 bits per heavy atom. The summed E-state index contributed by atoms with van der Waals surface area (Å²) in [4.78, 5) is 0.333. The Labute approximate surface area is 119 Å². The predicted molar refractivity (Wildman–Crippen MR) is 82.3 cm³/mol. The van der Waals surface area contributed by atoms with Gasteiger partial charge in [-0.15, -0.1) is 0 Å². The van der Waals surface area contributed by atoms with Crippen molar-refractivity contribution < 1.29 is 0 Å². The topological polar surface area (TPSA) is 38.0 Å². The van der Waals surface area contributed by atoms with Crippen LogP contribution in [0.15, 0.2) is 18.2 Å². The van der Waals surface area contributed by atoms with E-state index in [1.165, 1.54) is 0 Å². The van der Waals surface area contributed by atoms with Crippen LogP contribution in [0.3, 0.4) is 0 Å². The van der Waals surface area contributed by atoms with Crippen LogP contribution in [0.25, 0.3) is 0 Å². The van der Waals surface area contributed by atoms with Gasteiger partial charge in [-0.25, -0.2) is 0 Å². The van der Waals surface area contributed by atoms with E-state index in [2.05, 4.69) is 33.0 Å². The highest BCUT2D eigenvalue weighted by Gasteiger charge is 2.65. The summed E-state index contributed by atoms with van der Waals surface area (Å²) in [5, 5.41) is 4.14. The zero-order valence-corrected chi connectivity index (χ0v) is 12.7. The Balaban J connectivity index is 2.32. The van der Waals surface area contributed by atoms with Crippen LogP contribution < -0.4 is 11.1 Å². The summed E-state index contributed by atoms with van der Waals surface area (Å²) in [5.41, 5.74) is 7.93. The van der Waals surface area contributed by atoms with Gasteiger partial charge in [-0.3, -0.25) is 0 Å². The normalized spacial score (nSPS) is 20.5. The summed E-state index contributed by atoms with van der Waals surface area (Å²) in [6.45, 7) is 9.04. The van der Waals surface area contributed by atoms with E-state index in [-0.39, 0.29) is 10.8 Å². The van der Waals surface area contributed by atoms with Crippen LogP contribution in [0, 0.1) is 10.8 Å². The maximum absolute atomic E-state index is 6.16. The third kappa shape index (κ3) is 1.90. The van der Waals surface area contributed by atoms with E-state index >= 15 is 0 Å². The van der Waals surface area contributed by atoms with Crippen molar-refractivity contribution in [1.82, 2.24) is 0 Å². The van der Waals surface area contributed by atoms with Gasteiger partial charge in [0.15, 0.2) is 0 Å². The van der Waals surface area contributed by atoms with Crippen molar-refractivity contribution in [1.29, 1.82) is 0 Å². The average molecular weight is 283 g/mol. The molecule has 0 heterocycles. The summed E-state index contributed by atoms with van der Waals surface area (Å²) in [7, 11) is 0. The Kier molecular flexibility index (Phi) is 3.11. The minimum Gasteiger partial charge on any atom is -0.389 e. The number of halogens is 1. The molecule has 98 valence electrons. The van der Waals surface area contributed by atoms with E-state index in [1.807, 2.05) is 18.2 Å². The lowest BCUT2D eigenvalue weighted by Crippen LogP contribution is -2.17. The third-order valence-corrected chi connectivity index (χ3v) is 5.10. The first-order chi connectivity index (χ1) is 8.19. The van der Waals surface area contributed by atoms with Gasteiger partial charge >= 0.3 is 0 Å². The van der Waals surface area contributed by atoms with Crippen LogP contribution in [0.2, 0.25) is 5.02 Å². The first-order valence-corrected chi connectivity index (χ1v) is 6.83. The number of hydrogen-bond donors (Lipinski definition) is 2. The molecule has 1 saturated carbocycles. The molecule has 1 aromatic rings. The number of nitrogens with two attached hydrogens (primary N) is 1. The van der Waals surface area contributed by atoms with Crippen LogP contribution in [0.1, 0.15) is 33.3 Å². The molecule has 0 amide bonds. The zero-order chi connectivity index (χ0) is 13.7. The average Bonchev–Trinajstić information content (AvgIpc) is 2.60. The minimum atomic E-state index is 0.253. The largest absolute Gasteiger partial charge is 0.389 e. The molecule has 0 radical (unpaired) electrons. The van der Waals surface area contributed by atoms with E-state index in [0.717, 1.165) is 11.3 Å². The fourth-order valence-electron chi connectivity index (χ4n) is 2.61.